The lowest BCUT2D eigenvalue weighted by atomic mass is 10.2. The van der Waals surface area contributed by atoms with Crippen LogP contribution in [0.5, 0.6) is 5.75 Å². The number of carbonyl (C=O) groups excluding carboxylic acids is 1. The highest BCUT2D eigenvalue weighted by Gasteiger charge is 1.88. The fourth-order valence-corrected chi connectivity index (χ4v) is 0.797. The van der Waals surface area contributed by atoms with Crippen molar-refractivity contribution < 1.29 is 9.53 Å². The molecule has 0 bridgehead atoms. The van der Waals surface area contributed by atoms with Crippen molar-refractivity contribution in [1.29, 1.82) is 0 Å². The predicted molar refractivity (Wildman–Crippen MR) is 42.6 cm³/mol. The zero-order valence-electron chi connectivity index (χ0n) is 6.26. The van der Waals surface area contributed by atoms with Gasteiger partial charge in [0.05, 0.1) is 12.3 Å². The molecule has 1 rings (SSSR count). The minimum atomic E-state index is 0.478. The first-order valence-electron chi connectivity index (χ1n) is 3.16. The third-order valence-corrected chi connectivity index (χ3v) is 1.42. The van der Waals surface area contributed by atoms with E-state index < -0.39 is 0 Å². The summed E-state index contributed by atoms with van der Waals surface area (Å²) in [5.41, 5.74) is 0. The Kier molecular flexibility index (Phi) is 2.09. The molecule has 0 atom stereocenters. The monoisotopic (exact) mass is 148 g/mol. The lowest BCUT2D eigenvalue weighted by Crippen LogP contribution is -2.23. The van der Waals surface area contributed by atoms with Crippen LogP contribution >= 0.6 is 0 Å². The molecule has 0 aliphatic carbocycles. The third-order valence-electron chi connectivity index (χ3n) is 1.42. The van der Waals surface area contributed by atoms with Crippen LogP contribution in [0, 0.1) is 0 Å². The molecule has 0 saturated heterocycles. The largest absolute Gasteiger partial charge is 0.497 e. The number of ether oxygens (including phenoxy) is 1. The van der Waals surface area contributed by atoms with Gasteiger partial charge in [0.1, 0.15) is 11.7 Å². The topological polar surface area (TPSA) is 26.3 Å². The summed E-state index contributed by atoms with van der Waals surface area (Å²) in [5, 5.41) is 1.12. The Morgan fingerprint density at radius 1 is 1.55 bits per heavy atom. The van der Waals surface area contributed by atoms with Gasteiger partial charge in [-0.05, 0) is 23.4 Å². The van der Waals surface area contributed by atoms with Crippen LogP contribution in [-0.2, 0) is 4.79 Å². The summed E-state index contributed by atoms with van der Waals surface area (Å²) in [6, 6.07) is 5.03. The van der Waals surface area contributed by atoms with Crippen LogP contribution in [0.15, 0.2) is 18.2 Å². The van der Waals surface area contributed by atoms with E-state index in [9.17, 15) is 4.79 Å². The zero-order chi connectivity index (χ0) is 8.27. The Hall–Kier alpha value is -1.53. The van der Waals surface area contributed by atoms with Crippen molar-refractivity contribution in [3.05, 3.63) is 28.6 Å². The summed E-state index contributed by atoms with van der Waals surface area (Å²) in [4.78, 5) is 10.2. The summed E-state index contributed by atoms with van der Waals surface area (Å²) < 4.78 is 4.92. The van der Waals surface area contributed by atoms with E-state index in [1.807, 2.05) is 0 Å². The van der Waals surface area contributed by atoms with Gasteiger partial charge in [-0.3, -0.25) is 0 Å². The Balaban J connectivity index is 3.44. The smallest absolute Gasteiger partial charge is 0.132 e. The predicted octanol–water partition coefficient (Wildman–Crippen LogP) is -0.391. The molecule has 0 amide bonds. The highest BCUT2D eigenvalue weighted by molar-refractivity contribution is 5.47. The van der Waals surface area contributed by atoms with E-state index in [1.54, 1.807) is 31.3 Å². The maximum Gasteiger partial charge on any atom is 0.132 e. The van der Waals surface area contributed by atoms with Crippen molar-refractivity contribution in [2.75, 3.05) is 7.11 Å². The van der Waals surface area contributed by atoms with Crippen LogP contribution in [-0.4, -0.2) is 13.1 Å². The molecule has 1 aromatic rings. The average Bonchev–Trinajstić information content (AvgIpc) is 2.04. The molecule has 0 aliphatic rings. The Labute approximate surface area is 64.4 Å². The van der Waals surface area contributed by atoms with Crippen molar-refractivity contribution in [2.24, 2.45) is 0 Å². The first-order valence-corrected chi connectivity index (χ1v) is 3.16. The molecule has 11 heavy (non-hydrogen) atoms. The summed E-state index contributed by atoms with van der Waals surface area (Å²) in [7, 11) is 1.57. The highest BCUT2D eigenvalue weighted by Crippen LogP contribution is 2.00. The average molecular weight is 148 g/mol. The van der Waals surface area contributed by atoms with E-state index >= 15 is 0 Å². The molecule has 0 unspecified atom stereocenters. The maximum atomic E-state index is 10.2. The van der Waals surface area contributed by atoms with Crippen LogP contribution < -0.4 is 15.2 Å². The van der Waals surface area contributed by atoms with E-state index in [0.717, 1.165) is 0 Å². The SMILES string of the molecule is C=c1cc(OC)ccc1=C=O. The van der Waals surface area contributed by atoms with E-state index in [2.05, 4.69) is 6.58 Å². The van der Waals surface area contributed by atoms with Crippen molar-refractivity contribution in [3.63, 3.8) is 0 Å². The Morgan fingerprint density at radius 2 is 2.27 bits per heavy atom. The van der Waals surface area contributed by atoms with Crippen molar-refractivity contribution in [3.8, 4) is 5.75 Å². The van der Waals surface area contributed by atoms with Gasteiger partial charge < -0.3 is 4.74 Å². The second-order valence-electron chi connectivity index (χ2n) is 2.13. The molecule has 0 N–H and O–H groups in total. The van der Waals surface area contributed by atoms with Gasteiger partial charge in [-0.15, -0.1) is 0 Å². The van der Waals surface area contributed by atoms with E-state index in [-0.39, 0.29) is 0 Å². The molecule has 0 aliphatic heterocycles. The summed E-state index contributed by atoms with van der Waals surface area (Å²) >= 11 is 0. The van der Waals surface area contributed by atoms with Gasteiger partial charge in [-0.1, -0.05) is 6.58 Å². The van der Waals surface area contributed by atoms with Crippen molar-refractivity contribution in [1.82, 2.24) is 0 Å². The molecule has 0 saturated carbocycles. The summed E-state index contributed by atoms with van der Waals surface area (Å²) in [6.45, 7) is 3.66. The molecule has 0 radical (unpaired) electrons. The van der Waals surface area contributed by atoms with Crippen LogP contribution in [0.4, 0.5) is 0 Å². The molecule has 0 fully saturated rings. The first kappa shape index (κ1) is 7.58. The molecule has 2 heteroatoms. The van der Waals surface area contributed by atoms with Crippen LogP contribution in [0.25, 0.3) is 6.58 Å². The van der Waals surface area contributed by atoms with Crippen LogP contribution in [0.3, 0.4) is 0 Å². The second-order valence-corrected chi connectivity index (χ2v) is 2.13. The number of methoxy groups -OCH3 is 1. The quantitative estimate of drug-likeness (QED) is 0.542. The van der Waals surface area contributed by atoms with Crippen LogP contribution in [0.2, 0.25) is 0 Å². The molecule has 56 valence electrons. The zero-order valence-corrected chi connectivity index (χ0v) is 6.26. The minimum Gasteiger partial charge on any atom is -0.497 e. The molecular formula is C9H8O2. The first-order chi connectivity index (χ1) is 5.27. The van der Waals surface area contributed by atoms with E-state index in [4.69, 9.17) is 4.74 Å². The van der Waals surface area contributed by atoms with E-state index in [1.165, 1.54) is 0 Å². The lowest BCUT2D eigenvalue weighted by molar-refractivity contribution is 0.414. The normalized spacial score (nSPS) is 8.82. The molecular weight excluding hydrogens is 140 g/mol. The number of rotatable bonds is 1. The highest BCUT2D eigenvalue weighted by atomic mass is 16.5. The fourth-order valence-electron chi connectivity index (χ4n) is 0.797. The van der Waals surface area contributed by atoms with Gasteiger partial charge in [-0.2, -0.15) is 0 Å². The molecule has 0 heterocycles. The standard InChI is InChI=1S/C9H8O2/c1-7-5-9(11-2)4-3-8(7)6-10/h3-5H,1H2,2H3. The number of hydrogen-bond donors (Lipinski definition) is 0. The van der Waals surface area contributed by atoms with Gasteiger partial charge in [0.25, 0.3) is 0 Å². The van der Waals surface area contributed by atoms with Gasteiger partial charge in [0, 0.05) is 0 Å². The van der Waals surface area contributed by atoms with E-state index in [0.29, 0.717) is 16.2 Å². The third kappa shape index (κ3) is 1.48. The summed E-state index contributed by atoms with van der Waals surface area (Å²) in [5.74, 6) is 2.48. The Morgan fingerprint density at radius 3 is 2.73 bits per heavy atom. The molecule has 0 spiro atoms. The maximum absolute atomic E-state index is 10.2. The van der Waals surface area contributed by atoms with Crippen LogP contribution in [0.1, 0.15) is 0 Å². The molecule has 2 nitrogen and oxygen atoms in total. The number of hydrogen-bond acceptors (Lipinski definition) is 2. The van der Waals surface area contributed by atoms with Gasteiger partial charge in [0.15, 0.2) is 0 Å². The lowest BCUT2D eigenvalue weighted by Gasteiger charge is -1.95. The Bertz CT molecular complexity index is 375. The van der Waals surface area contributed by atoms with Crippen molar-refractivity contribution in [2.45, 2.75) is 0 Å². The molecule has 1 aromatic carbocycles. The summed E-state index contributed by atoms with van der Waals surface area (Å²) in [6.07, 6.45) is 0. The van der Waals surface area contributed by atoms with Gasteiger partial charge >= 0.3 is 0 Å². The fraction of sp³-hybridized carbons (Fsp3) is 0.111. The van der Waals surface area contributed by atoms with Gasteiger partial charge in [-0.25, -0.2) is 4.79 Å². The molecule has 0 aromatic heterocycles. The van der Waals surface area contributed by atoms with Gasteiger partial charge in [0.2, 0.25) is 0 Å². The van der Waals surface area contributed by atoms with Crippen molar-refractivity contribution >= 4 is 12.5 Å². The number of benzene rings is 1. The second kappa shape index (κ2) is 3.04. The minimum absolute atomic E-state index is 0.478.